The van der Waals surface area contributed by atoms with E-state index in [2.05, 4.69) is 27.4 Å². The molecule has 1 atom stereocenters. The van der Waals surface area contributed by atoms with Crippen molar-refractivity contribution >= 4 is 5.91 Å². The van der Waals surface area contributed by atoms with Crippen LogP contribution in [0, 0.1) is 6.92 Å². The summed E-state index contributed by atoms with van der Waals surface area (Å²) in [5, 5.41) is 7.75. The number of hydrogen-bond donors (Lipinski definition) is 1. The molecule has 1 aliphatic heterocycles. The fourth-order valence-electron chi connectivity index (χ4n) is 4.75. The molecule has 1 saturated carbocycles. The van der Waals surface area contributed by atoms with E-state index in [1.807, 2.05) is 29.8 Å². The Bertz CT molecular complexity index is 779. The van der Waals surface area contributed by atoms with Crippen molar-refractivity contribution in [2.75, 3.05) is 13.1 Å². The minimum atomic E-state index is 0.0207. The summed E-state index contributed by atoms with van der Waals surface area (Å²) in [7, 11) is 0. The van der Waals surface area contributed by atoms with E-state index in [0.717, 1.165) is 24.7 Å². The Morgan fingerprint density at radius 2 is 1.89 bits per heavy atom. The van der Waals surface area contributed by atoms with Crippen LogP contribution in [-0.2, 0) is 6.54 Å². The highest BCUT2D eigenvalue weighted by atomic mass is 16.1. The van der Waals surface area contributed by atoms with Crippen molar-refractivity contribution < 1.29 is 4.79 Å². The van der Waals surface area contributed by atoms with Crippen molar-refractivity contribution in [1.82, 2.24) is 20.0 Å². The molecule has 1 amide bonds. The summed E-state index contributed by atoms with van der Waals surface area (Å²) in [6, 6.07) is 11.2. The third kappa shape index (κ3) is 4.46. The number of likely N-dealkylation sites (tertiary alicyclic amines) is 1. The Hall–Kier alpha value is -2.14. The topological polar surface area (TPSA) is 50.2 Å². The second-order valence-corrected chi connectivity index (χ2v) is 8.39. The normalized spacial score (nSPS) is 21.5. The molecule has 0 spiro atoms. The van der Waals surface area contributed by atoms with Crippen molar-refractivity contribution in [3.05, 3.63) is 53.3 Å². The lowest BCUT2D eigenvalue weighted by atomic mass is 9.92. The van der Waals surface area contributed by atoms with Gasteiger partial charge in [0, 0.05) is 24.3 Å². The highest BCUT2D eigenvalue weighted by Crippen LogP contribution is 2.25. The van der Waals surface area contributed by atoms with E-state index in [-0.39, 0.29) is 11.9 Å². The Kier molecular flexibility index (Phi) is 6.10. The van der Waals surface area contributed by atoms with Crippen molar-refractivity contribution in [1.29, 1.82) is 0 Å². The van der Waals surface area contributed by atoms with Gasteiger partial charge in [-0.25, -0.2) is 0 Å². The number of benzene rings is 1. The molecule has 2 heterocycles. The number of carbonyl (C=O) groups excluding carboxylic acids is 1. The maximum absolute atomic E-state index is 12.9. The van der Waals surface area contributed by atoms with E-state index in [4.69, 9.17) is 0 Å². The zero-order valence-electron chi connectivity index (χ0n) is 16.9. The highest BCUT2D eigenvalue weighted by molar-refractivity contribution is 5.95. The third-order valence-electron chi connectivity index (χ3n) is 6.40. The van der Waals surface area contributed by atoms with Crippen LogP contribution in [0.25, 0.3) is 0 Å². The number of carbonyl (C=O) groups is 1. The average Bonchev–Trinajstić information content (AvgIpc) is 3.10. The van der Waals surface area contributed by atoms with E-state index in [9.17, 15) is 4.79 Å². The lowest BCUT2D eigenvalue weighted by molar-refractivity contribution is 0.0835. The first kappa shape index (κ1) is 19.2. The summed E-state index contributed by atoms with van der Waals surface area (Å²) in [6.07, 6.45) is 10.7. The van der Waals surface area contributed by atoms with Gasteiger partial charge < -0.3 is 5.32 Å². The third-order valence-corrected chi connectivity index (χ3v) is 6.40. The predicted molar refractivity (Wildman–Crippen MR) is 111 cm³/mol. The first-order valence-electron chi connectivity index (χ1n) is 10.8. The van der Waals surface area contributed by atoms with E-state index < -0.39 is 0 Å². The second-order valence-electron chi connectivity index (χ2n) is 8.39. The number of hydrogen-bond acceptors (Lipinski definition) is 3. The number of piperidine rings is 1. The number of nitrogens with one attached hydrogen (secondary N) is 1. The van der Waals surface area contributed by atoms with Gasteiger partial charge in [-0.2, -0.15) is 5.10 Å². The molecule has 1 unspecified atom stereocenters. The molecule has 4 rings (SSSR count). The Morgan fingerprint density at radius 1 is 1.11 bits per heavy atom. The first-order chi connectivity index (χ1) is 13.7. The van der Waals surface area contributed by atoms with Crippen LogP contribution >= 0.6 is 0 Å². The lowest BCUT2D eigenvalue weighted by Crippen LogP contribution is -2.51. The molecule has 150 valence electrons. The van der Waals surface area contributed by atoms with Crippen molar-refractivity contribution in [3.63, 3.8) is 0 Å². The minimum Gasteiger partial charge on any atom is -0.348 e. The van der Waals surface area contributed by atoms with Gasteiger partial charge >= 0.3 is 0 Å². The summed E-state index contributed by atoms with van der Waals surface area (Å²) in [5.41, 5.74) is 2.82. The zero-order valence-corrected chi connectivity index (χ0v) is 16.9. The molecule has 2 fully saturated rings. The largest absolute Gasteiger partial charge is 0.348 e. The zero-order chi connectivity index (χ0) is 19.3. The fraction of sp³-hybridized carbons (Fsp3) is 0.565. The van der Waals surface area contributed by atoms with Gasteiger partial charge in [-0.1, -0.05) is 49.6 Å². The molecule has 1 aromatic carbocycles. The number of aromatic nitrogens is 2. The van der Waals surface area contributed by atoms with Crippen molar-refractivity contribution in [2.24, 2.45) is 0 Å². The SMILES string of the molecule is Cc1c(C(=O)NC2CCCN(C3CCCCC3)C2)cnn1Cc1ccccc1. The highest BCUT2D eigenvalue weighted by Gasteiger charge is 2.28. The van der Waals surface area contributed by atoms with Gasteiger partial charge in [0.15, 0.2) is 0 Å². The van der Waals surface area contributed by atoms with Crippen LogP contribution in [0.4, 0.5) is 0 Å². The van der Waals surface area contributed by atoms with Crippen LogP contribution in [-0.4, -0.2) is 45.8 Å². The number of nitrogens with zero attached hydrogens (tertiary/aromatic N) is 3. The van der Waals surface area contributed by atoms with E-state index in [1.54, 1.807) is 6.20 Å². The molecule has 1 N–H and O–H groups in total. The average molecular weight is 381 g/mol. The molecule has 5 heteroatoms. The number of amides is 1. The summed E-state index contributed by atoms with van der Waals surface area (Å²) in [6.45, 7) is 4.86. The Labute approximate surface area is 168 Å². The molecule has 0 bridgehead atoms. The van der Waals surface area contributed by atoms with E-state index in [1.165, 1.54) is 50.6 Å². The quantitative estimate of drug-likeness (QED) is 0.859. The van der Waals surface area contributed by atoms with Crippen molar-refractivity contribution in [2.45, 2.75) is 70.5 Å². The summed E-state index contributed by atoms with van der Waals surface area (Å²) >= 11 is 0. The van der Waals surface area contributed by atoms with Crippen LogP contribution in [0.2, 0.25) is 0 Å². The van der Waals surface area contributed by atoms with Gasteiger partial charge in [0.05, 0.1) is 18.3 Å². The van der Waals surface area contributed by atoms with Gasteiger partial charge in [-0.05, 0) is 44.7 Å². The first-order valence-corrected chi connectivity index (χ1v) is 10.8. The Balaban J connectivity index is 1.37. The van der Waals surface area contributed by atoms with Gasteiger partial charge in [0.25, 0.3) is 5.91 Å². The monoisotopic (exact) mass is 380 g/mol. The standard InChI is InChI=1S/C23H32N4O/c1-18-22(15-24-27(18)16-19-9-4-2-5-10-19)23(28)25-20-11-8-14-26(17-20)21-12-6-3-7-13-21/h2,4-5,9-10,15,20-21H,3,6-8,11-14,16-17H2,1H3,(H,25,28). The van der Waals surface area contributed by atoms with E-state index in [0.29, 0.717) is 12.1 Å². The molecule has 2 aliphatic rings. The van der Waals surface area contributed by atoms with Gasteiger partial charge in [0.1, 0.15) is 0 Å². The molecule has 28 heavy (non-hydrogen) atoms. The molecule has 1 aromatic heterocycles. The Morgan fingerprint density at radius 3 is 2.68 bits per heavy atom. The van der Waals surface area contributed by atoms with Crippen LogP contribution in [0.1, 0.15) is 66.6 Å². The second kappa shape index (κ2) is 8.91. The summed E-state index contributed by atoms with van der Waals surface area (Å²) in [5.74, 6) is 0.0207. The predicted octanol–water partition coefficient (Wildman–Crippen LogP) is 3.77. The van der Waals surface area contributed by atoms with Crippen molar-refractivity contribution in [3.8, 4) is 0 Å². The molecule has 1 saturated heterocycles. The van der Waals surface area contributed by atoms with Crippen LogP contribution in [0.5, 0.6) is 0 Å². The van der Waals surface area contributed by atoms with Crippen LogP contribution < -0.4 is 5.32 Å². The smallest absolute Gasteiger partial charge is 0.255 e. The lowest BCUT2D eigenvalue weighted by Gasteiger charge is -2.40. The minimum absolute atomic E-state index is 0.0207. The van der Waals surface area contributed by atoms with Gasteiger partial charge in [-0.15, -0.1) is 0 Å². The van der Waals surface area contributed by atoms with Crippen LogP contribution in [0.15, 0.2) is 36.5 Å². The maximum Gasteiger partial charge on any atom is 0.255 e. The molecular weight excluding hydrogens is 348 g/mol. The summed E-state index contributed by atoms with van der Waals surface area (Å²) < 4.78 is 1.92. The van der Waals surface area contributed by atoms with E-state index >= 15 is 0 Å². The fourth-order valence-corrected chi connectivity index (χ4v) is 4.75. The molecule has 2 aromatic rings. The van der Waals surface area contributed by atoms with Crippen LogP contribution in [0.3, 0.4) is 0 Å². The molecule has 1 aliphatic carbocycles. The number of rotatable bonds is 5. The summed E-state index contributed by atoms with van der Waals surface area (Å²) in [4.78, 5) is 15.5. The molecule has 5 nitrogen and oxygen atoms in total. The van der Waals surface area contributed by atoms with Gasteiger partial charge in [0.2, 0.25) is 0 Å². The molecular formula is C23H32N4O. The maximum atomic E-state index is 12.9. The van der Waals surface area contributed by atoms with Gasteiger partial charge in [-0.3, -0.25) is 14.4 Å². The molecule has 0 radical (unpaired) electrons.